The first kappa shape index (κ1) is 11.7. The molecule has 0 radical (unpaired) electrons. The topological polar surface area (TPSA) is 42.7 Å². The Hall–Kier alpha value is -1.35. The van der Waals surface area contributed by atoms with E-state index in [2.05, 4.69) is 13.5 Å². The van der Waals surface area contributed by atoms with Crippen molar-refractivity contribution in [2.75, 3.05) is 0 Å². The van der Waals surface area contributed by atoms with Gasteiger partial charge in [0, 0.05) is 12.8 Å². The molecular weight excluding hydrogens is 228 g/mol. The number of hydrogen-bond donors (Lipinski definition) is 0. The Morgan fingerprint density at radius 3 is 3.00 bits per heavy atom. The number of ether oxygens (including phenoxy) is 1. The quantitative estimate of drug-likeness (QED) is 0.522. The number of carbonyl (C=O) groups is 1. The highest BCUT2D eigenvalue weighted by atomic mass is 16.6. The van der Waals surface area contributed by atoms with Crippen LogP contribution in [0.5, 0.6) is 0 Å². The third-order valence-corrected chi connectivity index (χ3v) is 3.87. The van der Waals surface area contributed by atoms with Gasteiger partial charge in [0.1, 0.15) is 11.9 Å². The molecule has 3 heteroatoms. The maximum atomic E-state index is 12.3. The number of furan rings is 1. The van der Waals surface area contributed by atoms with Crippen LogP contribution >= 0.6 is 0 Å². The summed E-state index contributed by atoms with van der Waals surface area (Å²) in [6.45, 7) is 8.11. The van der Waals surface area contributed by atoms with Crippen LogP contribution in [0.25, 0.3) is 0 Å². The normalized spacial score (nSPS) is 31.8. The maximum Gasteiger partial charge on any atom is 0.166 e. The van der Waals surface area contributed by atoms with Gasteiger partial charge in [0.2, 0.25) is 0 Å². The molecule has 0 unspecified atom stereocenters. The van der Waals surface area contributed by atoms with Crippen molar-refractivity contribution >= 4 is 5.78 Å². The number of rotatable bonds is 0. The number of ketones is 1. The molecule has 3 nitrogen and oxygen atoms in total. The SMILES string of the molecule is C=C1Cc2occ(C)c2C(=O)C[C@@H](C)C[C@H]2O[C@H]12. The molecule has 0 aromatic carbocycles. The van der Waals surface area contributed by atoms with Gasteiger partial charge in [-0.15, -0.1) is 0 Å². The van der Waals surface area contributed by atoms with Crippen LogP contribution in [0.4, 0.5) is 0 Å². The smallest absolute Gasteiger partial charge is 0.166 e. The van der Waals surface area contributed by atoms with E-state index in [9.17, 15) is 4.79 Å². The molecule has 1 fully saturated rings. The molecule has 1 aliphatic carbocycles. The summed E-state index contributed by atoms with van der Waals surface area (Å²) in [6, 6.07) is 0. The molecule has 0 bridgehead atoms. The van der Waals surface area contributed by atoms with Gasteiger partial charge in [-0.25, -0.2) is 0 Å². The number of carbonyl (C=O) groups excluding carboxylic acids is 1. The molecule has 1 aromatic rings. The Morgan fingerprint density at radius 1 is 1.44 bits per heavy atom. The minimum absolute atomic E-state index is 0.166. The third-order valence-electron chi connectivity index (χ3n) is 3.87. The lowest BCUT2D eigenvalue weighted by molar-refractivity contribution is 0.0958. The van der Waals surface area contributed by atoms with Gasteiger partial charge in [0.05, 0.1) is 17.9 Å². The predicted octanol–water partition coefficient (Wildman–Crippen LogP) is 3.07. The highest BCUT2D eigenvalue weighted by Gasteiger charge is 2.42. The van der Waals surface area contributed by atoms with Crippen LogP contribution in [0.1, 0.15) is 41.4 Å². The monoisotopic (exact) mass is 246 g/mol. The second kappa shape index (κ2) is 4.09. The molecule has 3 atom stereocenters. The van der Waals surface area contributed by atoms with Gasteiger partial charge in [0.15, 0.2) is 5.78 Å². The summed E-state index contributed by atoms with van der Waals surface area (Å²) in [5.41, 5.74) is 2.73. The molecule has 0 N–H and O–H groups in total. The van der Waals surface area contributed by atoms with E-state index in [-0.39, 0.29) is 18.0 Å². The third kappa shape index (κ3) is 1.93. The molecule has 1 saturated heterocycles. The van der Waals surface area contributed by atoms with Crippen LogP contribution in [-0.2, 0) is 11.2 Å². The summed E-state index contributed by atoms with van der Waals surface area (Å²) in [5.74, 6) is 1.29. The second-order valence-corrected chi connectivity index (χ2v) is 5.62. The van der Waals surface area contributed by atoms with Crippen molar-refractivity contribution in [3.05, 3.63) is 35.3 Å². The van der Waals surface area contributed by atoms with Crippen molar-refractivity contribution in [1.29, 1.82) is 0 Å². The molecule has 1 aliphatic heterocycles. The predicted molar refractivity (Wildman–Crippen MR) is 67.7 cm³/mol. The Kier molecular flexibility index (Phi) is 2.67. The van der Waals surface area contributed by atoms with Crippen molar-refractivity contribution in [3.8, 4) is 0 Å². The van der Waals surface area contributed by atoms with Gasteiger partial charge in [-0.2, -0.15) is 0 Å². The number of epoxide rings is 1. The van der Waals surface area contributed by atoms with Crippen LogP contribution in [0.2, 0.25) is 0 Å². The molecular formula is C15H18O3. The molecule has 3 rings (SSSR count). The Balaban J connectivity index is 1.97. The standard InChI is InChI=1S/C15H18O3/c1-8-4-11(16)14-10(3)7-17-12(14)6-9(2)15-13(5-8)18-15/h7-8,13,15H,2,4-6H2,1,3H3/t8-,13-,15-/m1/s1. The first-order valence-corrected chi connectivity index (χ1v) is 6.49. The summed E-state index contributed by atoms with van der Waals surface area (Å²) in [5, 5.41) is 0. The van der Waals surface area contributed by atoms with Gasteiger partial charge in [-0.1, -0.05) is 13.5 Å². The van der Waals surface area contributed by atoms with E-state index in [0.717, 1.165) is 28.9 Å². The number of Topliss-reactive ketones (excluding diaryl/α,β-unsaturated/α-hetero) is 1. The van der Waals surface area contributed by atoms with Crippen molar-refractivity contribution in [1.82, 2.24) is 0 Å². The summed E-state index contributed by atoms with van der Waals surface area (Å²) >= 11 is 0. The highest BCUT2D eigenvalue weighted by Crippen LogP contribution is 2.38. The van der Waals surface area contributed by atoms with E-state index < -0.39 is 0 Å². The lowest BCUT2D eigenvalue weighted by Gasteiger charge is -2.12. The zero-order chi connectivity index (χ0) is 12.9. The lowest BCUT2D eigenvalue weighted by atomic mass is 9.89. The molecule has 96 valence electrons. The molecule has 2 heterocycles. The molecule has 0 saturated carbocycles. The summed E-state index contributed by atoms with van der Waals surface area (Å²) in [6.07, 6.45) is 4.24. The van der Waals surface area contributed by atoms with E-state index in [1.165, 1.54) is 0 Å². The van der Waals surface area contributed by atoms with Gasteiger partial charge in [0.25, 0.3) is 0 Å². The van der Waals surface area contributed by atoms with E-state index >= 15 is 0 Å². The molecule has 0 amide bonds. The Morgan fingerprint density at radius 2 is 2.22 bits per heavy atom. The van der Waals surface area contributed by atoms with Gasteiger partial charge < -0.3 is 9.15 Å². The van der Waals surface area contributed by atoms with Crippen LogP contribution in [0.15, 0.2) is 22.8 Å². The first-order valence-electron chi connectivity index (χ1n) is 6.49. The molecule has 18 heavy (non-hydrogen) atoms. The van der Waals surface area contributed by atoms with Crippen LogP contribution < -0.4 is 0 Å². The van der Waals surface area contributed by atoms with E-state index in [4.69, 9.17) is 9.15 Å². The fraction of sp³-hybridized carbons (Fsp3) is 0.533. The van der Waals surface area contributed by atoms with Crippen molar-refractivity contribution in [3.63, 3.8) is 0 Å². The number of aryl methyl sites for hydroxylation is 1. The summed E-state index contributed by atoms with van der Waals surface area (Å²) in [4.78, 5) is 12.3. The number of hydrogen-bond acceptors (Lipinski definition) is 3. The average Bonchev–Trinajstić information content (AvgIpc) is 2.95. The molecule has 2 aliphatic rings. The first-order chi connectivity index (χ1) is 8.56. The summed E-state index contributed by atoms with van der Waals surface area (Å²) in [7, 11) is 0. The molecule has 1 aromatic heterocycles. The fourth-order valence-electron chi connectivity index (χ4n) is 2.89. The Labute approximate surface area is 107 Å². The van der Waals surface area contributed by atoms with Gasteiger partial charge in [-0.3, -0.25) is 4.79 Å². The fourth-order valence-corrected chi connectivity index (χ4v) is 2.89. The van der Waals surface area contributed by atoms with Crippen LogP contribution in [-0.4, -0.2) is 18.0 Å². The van der Waals surface area contributed by atoms with E-state index in [0.29, 0.717) is 18.8 Å². The van der Waals surface area contributed by atoms with Crippen molar-refractivity contribution in [2.45, 2.75) is 45.3 Å². The van der Waals surface area contributed by atoms with Crippen molar-refractivity contribution in [2.24, 2.45) is 5.92 Å². The minimum atomic E-state index is 0.166. The van der Waals surface area contributed by atoms with Crippen LogP contribution in [0.3, 0.4) is 0 Å². The second-order valence-electron chi connectivity index (χ2n) is 5.62. The maximum absolute atomic E-state index is 12.3. The van der Waals surface area contributed by atoms with Gasteiger partial charge >= 0.3 is 0 Å². The Bertz CT molecular complexity index is 512. The molecule has 0 spiro atoms. The average molecular weight is 246 g/mol. The zero-order valence-corrected chi connectivity index (χ0v) is 10.9. The van der Waals surface area contributed by atoms with E-state index in [1.807, 2.05) is 6.92 Å². The summed E-state index contributed by atoms with van der Waals surface area (Å²) < 4.78 is 11.2. The number of fused-ring (bicyclic) bond motifs is 2. The largest absolute Gasteiger partial charge is 0.468 e. The minimum Gasteiger partial charge on any atom is -0.468 e. The zero-order valence-electron chi connectivity index (χ0n) is 10.9. The highest BCUT2D eigenvalue weighted by molar-refractivity contribution is 5.98. The van der Waals surface area contributed by atoms with E-state index in [1.54, 1.807) is 6.26 Å². The van der Waals surface area contributed by atoms with Gasteiger partial charge in [-0.05, 0) is 30.4 Å². The van der Waals surface area contributed by atoms with Crippen molar-refractivity contribution < 1.29 is 13.9 Å². The lowest BCUT2D eigenvalue weighted by Crippen LogP contribution is -2.14. The van der Waals surface area contributed by atoms with Crippen LogP contribution in [0, 0.1) is 12.8 Å².